The highest BCUT2D eigenvalue weighted by atomic mass is 16.5. The number of hydrazone groups is 1. The number of hydrogen-bond donors (Lipinski definition) is 3. The topological polar surface area (TPSA) is 118 Å². The van der Waals surface area contributed by atoms with Crippen molar-refractivity contribution in [2.75, 3.05) is 20.8 Å². The number of carbonyl (C=O) groups is 2. The highest BCUT2D eigenvalue weighted by molar-refractivity contribution is 6.05. The number of methoxy groups -OCH3 is 2. The molecule has 0 saturated carbocycles. The molecule has 3 aromatic carbocycles. The van der Waals surface area contributed by atoms with Gasteiger partial charge in [-0.2, -0.15) is 5.10 Å². The van der Waals surface area contributed by atoms with Gasteiger partial charge in [0.25, 0.3) is 11.8 Å². The van der Waals surface area contributed by atoms with Crippen LogP contribution in [-0.4, -0.2) is 44.0 Å². The molecule has 0 unspecified atom stereocenters. The Bertz CT molecular complexity index is 1270. The highest BCUT2D eigenvalue weighted by Gasteiger charge is 2.16. The Balaban J connectivity index is 1.87. The molecule has 0 aromatic heterocycles. The zero-order valence-corrected chi connectivity index (χ0v) is 20.1. The molecule has 3 N–H and O–H groups in total. The minimum absolute atomic E-state index is 0.000295. The lowest BCUT2D eigenvalue weighted by atomic mass is 10.1. The second-order valence-corrected chi connectivity index (χ2v) is 7.35. The van der Waals surface area contributed by atoms with Gasteiger partial charge >= 0.3 is 0 Å². The van der Waals surface area contributed by atoms with Crippen molar-refractivity contribution in [2.45, 2.75) is 6.92 Å². The van der Waals surface area contributed by atoms with E-state index in [0.29, 0.717) is 40.5 Å². The molecule has 0 heterocycles. The molecular formula is C27H27N3O6. The third-order valence-corrected chi connectivity index (χ3v) is 4.93. The summed E-state index contributed by atoms with van der Waals surface area (Å²) in [5.74, 6) is 0.207. The van der Waals surface area contributed by atoms with Gasteiger partial charge in [0.15, 0.2) is 11.5 Å². The molecule has 0 bridgehead atoms. The maximum Gasteiger partial charge on any atom is 0.287 e. The fraction of sp³-hybridized carbons (Fsp3) is 0.148. The standard InChI is InChI=1S/C27H27N3O6/c1-4-36-25-14-18(10-13-23(25)31)17-28-30-27(33)22(29-26(32)19-8-6-5-7-9-19)15-20-11-12-21(34-2)16-24(20)35-3/h5-17,31H,4H2,1-3H3,(H,29,32)(H,30,33)/b22-15+,28-17+. The van der Waals surface area contributed by atoms with Crippen LogP contribution in [0, 0.1) is 0 Å². The zero-order valence-electron chi connectivity index (χ0n) is 20.1. The second kappa shape index (κ2) is 12.6. The van der Waals surface area contributed by atoms with Gasteiger partial charge in [0.2, 0.25) is 0 Å². The van der Waals surface area contributed by atoms with Crippen LogP contribution < -0.4 is 25.0 Å². The van der Waals surface area contributed by atoms with Crippen molar-refractivity contribution in [3.05, 3.63) is 89.1 Å². The monoisotopic (exact) mass is 489 g/mol. The van der Waals surface area contributed by atoms with Crippen LogP contribution in [0.1, 0.15) is 28.4 Å². The molecule has 2 amide bonds. The quantitative estimate of drug-likeness (QED) is 0.227. The van der Waals surface area contributed by atoms with Gasteiger partial charge in [0.05, 0.1) is 27.0 Å². The molecule has 0 radical (unpaired) electrons. The maximum atomic E-state index is 13.0. The van der Waals surface area contributed by atoms with Crippen molar-refractivity contribution in [1.29, 1.82) is 0 Å². The van der Waals surface area contributed by atoms with Crippen LogP contribution in [0.15, 0.2) is 77.5 Å². The fourth-order valence-corrected chi connectivity index (χ4v) is 3.14. The van der Waals surface area contributed by atoms with Crippen molar-refractivity contribution in [3.8, 4) is 23.0 Å². The van der Waals surface area contributed by atoms with Gasteiger partial charge in [-0.3, -0.25) is 9.59 Å². The van der Waals surface area contributed by atoms with E-state index in [0.717, 1.165) is 0 Å². The lowest BCUT2D eigenvalue weighted by molar-refractivity contribution is -0.117. The first-order valence-electron chi connectivity index (χ1n) is 11.0. The predicted molar refractivity (Wildman–Crippen MR) is 136 cm³/mol. The Labute approximate surface area is 209 Å². The summed E-state index contributed by atoms with van der Waals surface area (Å²) in [6.07, 6.45) is 2.88. The Morgan fingerprint density at radius 3 is 2.44 bits per heavy atom. The molecule has 36 heavy (non-hydrogen) atoms. The van der Waals surface area contributed by atoms with Gasteiger partial charge in [0, 0.05) is 17.2 Å². The van der Waals surface area contributed by atoms with Crippen LogP contribution in [0.25, 0.3) is 6.08 Å². The van der Waals surface area contributed by atoms with Crippen molar-refractivity contribution in [3.63, 3.8) is 0 Å². The summed E-state index contributed by atoms with van der Waals surface area (Å²) in [4.78, 5) is 25.8. The van der Waals surface area contributed by atoms with E-state index in [1.54, 1.807) is 67.6 Å². The molecule has 3 aromatic rings. The lowest BCUT2D eigenvalue weighted by Gasteiger charge is -2.12. The summed E-state index contributed by atoms with van der Waals surface area (Å²) in [6.45, 7) is 2.19. The first-order chi connectivity index (χ1) is 17.4. The van der Waals surface area contributed by atoms with Crippen molar-refractivity contribution < 1.29 is 28.9 Å². The van der Waals surface area contributed by atoms with Crippen LogP contribution in [0.4, 0.5) is 0 Å². The minimum Gasteiger partial charge on any atom is -0.504 e. The summed E-state index contributed by atoms with van der Waals surface area (Å²) < 4.78 is 16.0. The number of amides is 2. The Morgan fingerprint density at radius 2 is 1.75 bits per heavy atom. The average molecular weight is 490 g/mol. The Morgan fingerprint density at radius 1 is 0.972 bits per heavy atom. The van der Waals surface area contributed by atoms with E-state index < -0.39 is 11.8 Å². The van der Waals surface area contributed by atoms with E-state index in [1.165, 1.54) is 32.6 Å². The Kier molecular flexibility index (Phi) is 9.05. The minimum atomic E-state index is -0.655. The smallest absolute Gasteiger partial charge is 0.287 e. The summed E-state index contributed by atoms with van der Waals surface area (Å²) >= 11 is 0. The van der Waals surface area contributed by atoms with E-state index in [-0.39, 0.29) is 11.4 Å². The number of carbonyl (C=O) groups excluding carboxylic acids is 2. The molecule has 0 aliphatic heterocycles. The molecule has 0 spiro atoms. The van der Waals surface area contributed by atoms with E-state index in [4.69, 9.17) is 14.2 Å². The van der Waals surface area contributed by atoms with E-state index in [9.17, 15) is 14.7 Å². The number of rotatable bonds is 10. The van der Waals surface area contributed by atoms with Crippen molar-refractivity contribution in [1.82, 2.24) is 10.7 Å². The van der Waals surface area contributed by atoms with Gasteiger partial charge in [0.1, 0.15) is 17.2 Å². The number of nitrogens with zero attached hydrogens (tertiary/aromatic N) is 1. The van der Waals surface area contributed by atoms with Crippen LogP contribution >= 0.6 is 0 Å². The molecule has 0 saturated heterocycles. The SMILES string of the molecule is CCOc1cc(/C=N/NC(=O)/C(=C\c2ccc(OC)cc2OC)NC(=O)c2ccccc2)ccc1O. The molecule has 0 fully saturated rings. The molecule has 9 nitrogen and oxygen atoms in total. The lowest BCUT2D eigenvalue weighted by Crippen LogP contribution is -2.32. The molecule has 9 heteroatoms. The molecular weight excluding hydrogens is 462 g/mol. The second-order valence-electron chi connectivity index (χ2n) is 7.35. The molecule has 186 valence electrons. The summed E-state index contributed by atoms with van der Waals surface area (Å²) in [5, 5.41) is 16.5. The van der Waals surface area contributed by atoms with Crippen molar-refractivity contribution >= 4 is 24.1 Å². The van der Waals surface area contributed by atoms with Crippen LogP contribution in [-0.2, 0) is 4.79 Å². The van der Waals surface area contributed by atoms with Crippen LogP contribution in [0.5, 0.6) is 23.0 Å². The van der Waals surface area contributed by atoms with Crippen molar-refractivity contribution in [2.24, 2.45) is 5.10 Å². The zero-order chi connectivity index (χ0) is 25.9. The molecule has 3 rings (SSSR count). The number of phenolic OH excluding ortho intramolecular Hbond substituents is 1. The van der Waals surface area contributed by atoms with Gasteiger partial charge < -0.3 is 24.6 Å². The van der Waals surface area contributed by atoms with E-state index in [1.807, 2.05) is 0 Å². The van der Waals surface area contributed by atoms with E-state index in [2.05, 4.69) is 15.8 Å². The number of benzene rings is 3. The summed E-state index contributed by atoms with van der Waals surface area (Å²) in [7, 11) is 3.03. The van der Waals surface area contributed by atoms with E-state index >= 15 is 0 Å². The van der Waals surface area contributed by atoms with Gasteiger partial charge in [-0.1, -0.05) is 18.2 Å². The maximum absolute atomic E-state index is 13.0. The van der Waals surface area contributed by atoms with Gasteiger partial charge in [-0.25, -0.2) is 5.43 Å². The number of ether oxygens (including phenoxy) is 3. The number of nitrogens with one attached hydrogen (secondary N) is 2. The largest absolute Gasteiger partial charge is 0.504 e. The van der Waals surface area contributed by atoms with Crippen LogP contribution in [0.2, 0.25) is 0 Å². The number of aromatic hydroxyl groups is 1. The average Bonchev–Trinajstić information content (AvgIpc) is 2.90. The first-order valence-corrected chi connectivity index (χ1v) is 11.0. The fourth-order valence-electron chi connectivity index (χ4n) is 3.14. The third-order valence-electron chi connectivity index (χ3n) is 4.93. The molecule has 0 aliphatic carbocycles. The molecule has 0 atom stereocenters. The molecule has 0 aliphatic rings. The first kappa shape index (κ1) is 25.8. The third kappa shape index (κ3) is 6.86. The summed E-state index contributed by atoms with van der Waals surface area (Å²) in [6, 6.07) is 18.3. The predicted octanol–water partition coefficient (Wildman–Crippen LogP) is 3.73. The highest BCUT2D eigenvalue weighted by Crippen LogP contribution is 2.27. The normalized spacial score (nSPS) is 11.1. The summed E-state index contributed by atoms with van der Waals surface area (Å²) in [5.41, 5.74) is 3.88. The van der Waals surface area contributed by atoms with Crippen LogP contribution in [0.3, 0.4) is 0 Å². The number of phenols is 1. The number of hydrogen-bond acceptors (Lipinski definition) is 7. The van der Waals surface area contributed by atoms with Gasteiger partial charge in [-0.15, -0.1) is 0 Å². The Hall–Kier alpha value is -4.79. The van der Waals surface area contributed by atoms with Gasteiger partial charge in [-0.05, 0) is 61.0 Å².